The molecule has 0 radical (unpaired) electrons. The van der Waals surface area contributed by atoms with Crippen molar-refractivity contribution in [1.29, 1.82) is 0 Å². The van der Waals surface area contributed by atoms with Crippen LogP contribution in [0.4, 0.5) is 0 Å². The van der Waals surface area contributed by atoms with Gasteiger partial charge in [-0.1, -0.05) is 54.6 Å². The summed E-state index contributed by atoms with van der Waals surface area (Å²) in [4.78, 5) is 4.24. The van der Waals surface area contributed by atoms with E-state index in [0.717, 1.165) is 28.1 Å². The predicted molar refractivity (Wildman–Crippen MR) is 92.2 cm³/mol. The first-order valence-electron chi connectivity index (χ1n) is 7.53. The van der Waals surface area contributed by atoms with E-state index in [9.17, 15) is 0 Å². The van der Waals surface area contributed by atoms with E-state index in [1.54, 1.807) is 6.20 Å². The summed E-state index contributed by atoms with van der Waals surface area (Å²) in [6, 6.07) is 24.4. The van der Waals surface area contributed by atoms with E-state index in [1.807, 2.05) is 53.3 Å². The molecule has 2 aromatic heterocycles. The standard InChI is InChI=1S/C20H15N3/c1-3-8-16(9-4-1)20-19(17-10-7-13-21-14-17)15-23(22-20)18-11-5-2-6-12-18/h1-15H. The van der Waals surface area contributed by atoms with E-state index in [0.29, 0.717) is 0 Å². The number of benzene rings is 2. The van der Waals surface area contributed by atoms with Gasteiger partial charge < -0.3 is 0 Å². The lowest BCUT2D eigenvalue weighted by Gasteiger charge is -2.01. The first-order valence-corrected chi connectivity index (χ1v) is 7.53. The van der Waals surface area contributed by atoms with Crippen LogP contribution in [0, 0.1) is 0 Å². The van der Waals surface area contributed by atoms with Crippen LogP contribution >= 0.6 is 0 Å². The van der Waals surface area contributed by atoms with Crippen molar-refractivity contribution >= 4 is 0 Å². The van der Waals surface area contributed by atoms with Crippen molar-refractivity contribution in [1.82, 2.24) is 14.8 Å². The van der Waals surface area contributed by atoms with Gasteiger partial charge >= 0.3 is 0 Å². The number of pyridine rings is 1. The highest BCUT2D eigenvalue weighted by atomic mass is 15.3. The Morgan fingerprint density at radius 3 is 2.09 bits per heavy atom. The third-order valence-electron chi connectivity index (χ3n) is 3.75. The summed E-state index contributed by atoms with van der Waals surface area (Å²) < 4.78 is 1.92. The van der Waals surface area contributed by atoms with Crippen LogP contribution in [0.25, 0.3) is 28.1 Å². The molecule has 0 saturated heterocycles. The van der Waals surface area contributed by atoms with Gasteiger partial charge in [-0.2, -0.15) is 5.10 Å². The summed E-state index contributed by atoms with van der Waals surface area (Å²) in [5, 5.41) is 4.82. The fourth-order valence-corrected chi connectivity index (χ4v) is 2.63. The van der Waals surface area contributed by atoms with Gasteiger partial charge in [0.2, 0.25) is 0 Å². The van der Waals surface area contributed by atoms with Gasteiger partial charge in [0.25, 0.3) is 0 Å². The zero-order chi connectivity index (χ0) is 15.5. The third kappa shape index (κ3) is 2.64. The molecule has 0 aliphatic carbocycles. The van der Waals surface area contributed by atoms with E-state index in [2.05, 4.69) is 41.5 Å². The van der Waals surface area contributed by atoms with E-state index >= 15 is 0 Å². The van der Waals surface area contributed by atoms with Crippen LogP contribution in [0.15, 0.2) is 91.4 Å². The Kier molecular flexibility index (Phi) is 3.45. The molecule has 0 atom stereocenters. The fraction of sp³-hybridized carbons (Fsp3) is 0. The minimum absolute atomic E-state index is 0.961. The molecule has 2 aromatic carbocycles. The van der Waals surface area contributed by atoms with Gasteiger partial charge in [-0.3, -0.25) is 4.98 Å². The average Bonchev–Trinajstić information content (AvgIpc) is 3.09. The molecule has 0 N–H and O–H groups in total. The summed E-state index contributed by atoms with van der Waals surface area (Å²) in [5.41, 5.74) is 5.24. The van der Waals surface area contributed by atoms with Crippen LogP contribution < -0.4 is 0 Å². The summed E-state index contributed by atoms with van der Waals surface area (Å²) >= 11 is 0. The summed E-state index contributed by atoms with van der Waals surface area (Å²) in [7, 11) is 0. The number of nitrogens with zero attached hydrogens (tertiary/aromatic N) is 3. The van der Waals surface area contributed by atoms with E-state index in [-0.39, 0.29) is 0 Å². The maximum Gasteiger partial charge on any atom is 0.101 e. The van der Waals surface area contributed by atoms with Gasteiger partial charge in [0.1, 0.15) is 5.69 Å². The molecule has 2 heterocycles. The largest absolute Gasteiger partial charge is 0.264 e. The zero-order valence-electron chi connectivity index (χ0n) is 12.5. The van der Waals surface area contributed by atoms with Crippen LogP contribution in [-0.2, 0) is 0 Å². The van der Waals surface area contributed by atoms with Crippen molar-refractivity contribution in [3.63, 3.8) is 0 Å². The lowest BCUT2D eigenvalue weighted by molar-refractivity contribution is 0.884. The maximum absolute atomic E-state index is 4.82. The van der Waals surface area contributed by atoms with Gasteiger partial charge in [0.15, 0.2) is 0 Å². The molecule has 0 aliphatic heterocycles. The number of aromatic nitrogens is 3. The van der Waals surface area contributed by atoms with Gasteiger partial charge in [-0.15, -0.1) is 0 Å². The van der Waals surface area contributed by atoms with Gasteiger partial charge in [0, 0.05) is 35.3 Å². The molecule has 4 rings (SSSR count). The Labute approximate surface area is 134 Å². The molecule has 110 valence electrons. The molecule has 4 aromatic rings. The Morgan fingerprint density at radius 1 is 0.696 bits per heavy atom. The number of hydrogen-bond donors (Lipinski definition) is 0. The van der Waals surface area contributed by atoms with Crippen molar-refractivity contribution in [2.45, 2.75) is 0 Å². The molecule has 0 unspecified atom stereocenters. The van der Waals surface area contributed by atoms with Crippen molar-refractivity contribution in [3.05, 3.63) is 91.4 Å². The molecule has 0 bridgehead atoms. The highest BCUT2D eigenvalue weighted by molar-refractivity contribution is 5.80. The second-order valence-electron chi connectivity index (χ2n) is 5.28. The van der Waals surface area contributed by atoms with Crippen molar-refractivity contribution < 1.29 is 0 Å². The second-order valence-corrected chi connectivity index (χ2v) is 5.28. The van der Waals surface area contributed by atoms with Crippen molar-refractivity contribution in [2.75, 3.05) is 0 Å². The second kappa shape index (κ2) is 5.89. The van der Waals surface area contributed by atoms with Crippen LogP contribution in [0.3, 0.4) is 0 Å². The molecule has 0 amide bonds. The SMILES string of the molecule is c1ccc(-c2nn(-c3ccccc3)cc2-c2cccnc2)cc1. The first-order chi connectivity index (χ1) is 11.4. The lowest BCUT2D eigenvalue weighted by Crippen LogP contribution is -1.93. The quantitative estimate of drug-likeness (QED) is 0.553. The Hall–Kier alpha value is -3.20. The van der Waals surface area contributed by atoms with Crippen LogP contribution in [-0.4, -0.2) is 14.8 Å². The van der Waals surface area contributed by atoms with Gasteiger partial charge in [-0.05, 0) is 18.2 Å². The molecule has 0 saturated carbocycles. The highest BCUT2D eigenvalue weighted by Gasteiger charge is 2.13. The van der Waals surface area contributed by atoms with Crippen molar-refractivity contribution in [2.24, 2.45) is 0 Å². The molecular formula is C20H15N3. The molecular weight excluding hydrogens is 282 g/mol. The Morgan fingerprint density at radius 2 is 1.39 bits per heavy atom. The minimum Gasteiger partial charge on any atom is -0.264 e. The minimum atomic E-state index is 0.961. The average molecular weight is 297 g/mol. The zero-order valence-corrected chi connectivity index (χ0v) is 12.5. The molecule has 0 spiro atoms. The Bertz CT molecular complexity index is 841. The first kappa shape index (κ1) is 13.5. The lowest BCUT2D eigenvalue weighted by atomic mass is 10.0. The normalized spacial score (nSPS) is 10.6. The third-order valence-corrected chi connectivity index (χ3v) is 3.75. The van der Waals surface area contributed by atoms with Crippen LogP contribution in [0.2, 0.25) is 0 Å². The van der Waals surface area contributed by atoms with Gasteiger partial charge in [-0.25, -0.2) is 4.68 Å². The van der Waals surface area contributed by atoms with Crippen LogP contribution in [0.1, 0.15) is 0 Å². The number of hydrogen-bond acceptors (Lipinski definition) is 2. The molecule has 3 heteroatoms. The van der Waals surface area contributed by atoms with E-state index in [1.165, 1.54) is 0 Å². The Balaban J connectivity index is 1.91. The van der Waals surface area contributed by atoms with Crippen molar-refractivity contribution in [3.8, 4) is 28.1 Å². The maximum atomic E-state index is 4.82. The highest BCUT2D eigenvalue weighted by Crippen LogP contribution is 2.31. The monoisotopic (exact) mass is 297 g/mol. The molecule has 23 heavy (non-hydrogen) atoms. The van der Waals surface area contributed by atoms with Crippen LogP contribution in [0.5, 0.6) is 0 Å². The molecule has 0 aliphatic rings. The topological polar surface area (TPSA) is 30.7 Å². The smallest absolute Gasteiger partial charge is 0.101 e. The molecule has 3 nitrogen and oxygen atoms in total. The molecule has 0 fully saturated rings. The number of para-hydroxylation sites is 1. The summed E-state index contributed by atoms with van der Waals surface area (Å²) in [6.45, 7) is 0. The van der Waals surface area contributed by atoms with E-state index < -0.39 is 0 Å². The number of rotatable bonds is 3. The fourth-order valence-electron chi connectivity index (χ4n) is 2.63. The predicted octanol–water partition coefficient (Wildman–Crippen LogP) is 4.60. The van der Waals surface area contributed by atoms with Gasteiger partial charge in [0.05, 0.1) is 5.69 Å². The summed E-state index contributed by atoms with van der Waals surface area (Å²) in [5.74, 6) is 0. The van der Waals surface area contributed by atoms with E-state index in [4.69, 9.17) is 5.10 Å². The summed E-state index contributed by atoms with van der Waals surface area (Å²) in [6.07, 6.45) is 5.72.